The Morgan fingerprint density at radius 1 is 0.855 bits per heavy atom. The van der Waals surface area contributed by atoms with Gasteiger partial charge in [0.25, 0.3) is 0 Å². The van der Waals surface area contributed by atoms with Gasteiger partial charge in [-0.3, -0.25) is 0 Å². The number of aliphatic hydroxyl groups excluding tert-OH is 9. The van der Waals surface area contributed by atoms with Crippen molar-refractivity contribution in [2.45, 2.75) is 159 Å². The molecule has 0 aromatic carbocycles. The summed E-state index contributed by atoms with van der Waals surface area (Å²) in [6.45, 7) is 7.30. The van der Waals surface area contributed by atoms with Gasteiger partial charge < -0.3 is 69.6 Å². The minimum atomic E-state index is -1.68. The fourth-order valence-electron chi connectivity index (χ4n) is 12.0. The molecule has 7 rings (SSSR count). The lowest BCUT2D eigenvalue weighted by Gasteiger charge is -2.60. The third kappa shape index (κ3) is 7.06. The van der Waals surface area contributed by atoms with Crippen LogP contribution in [0, 0.1) is 40.4 Å². The monoisotopic (exact) mass is 782 g/mol. The molecule has 15 heteroatoms. The molecule has 2 saturated heterocycles. The van der Waals surface area contributed by atoms with Crippen molar-refractivity contribution in [1.82, 2.24) is 0 Å². The molecule has 0 spiro atoms. The molecule has 5 fully saturated rings. The Morgan fingerprint density at radius 2 is 1.53 bits per heavy atom. The second kappa shape index (κ2) is 15.9. The SMILES string of the molecule is CC1=C(CO)C(=O)O[C@@H]([C@@H](C)[C@H]2CC[C@H]3[C@@H]4CC=C5C[C@@H](O[C@@H]6OC(CO[C@@H]7OC(CO)[C@@H](O)[C@@H](O)C7O)[C@@H](O)[C@@H](O)C6O)C[C@H](O)[C@]5(C)[C@H]4CC[C@]23C)C1. The van der Waals surface area contributed by atoms with Gasteiger partial charge in [0.1, 0.15) is 54.9 Å². The Labute approximate surface area is 321 Å². The number of allylic oxidation sites excluding steroid dienone is 1. The van der Waals surface area contributed by atoms with E-state index in [1.165, 1.54) is 0 Å². The summed E-state index contributed by atoms with van der Waals surface area (Å²) < 4.78 is 29.0. The molecule has 0 radical (unpaired) electrons. The number of esters is 1. The molecular weight excluding hydrogens is 720 g/mol. The number of hydrogen-bond acceptors (Lipinski definition) is 15. The van der Waals surface area contributed by atoms with Gasteiger partial charge in [-0.05, 0) is 80.5 Å². The summed E-state index contributed by atoms with van der Waals surface area (Å²) in [6, 6.07) is 0. The van der Waals surface area contributed by atoms with Crippen LogP contribution >= 0.6 is 0 Å². The third-order valence-electron chi connectivity index (χ3n) is 15.4. The van der Waals surface area contributed by atoms with Gasteiger partial charge in [0.05, 0.1) is 37.6 Å². The van der Waals surface area contributed by atoms with E-state index in [4.69, 9.17) is 23.7 Å². The number of ether oxygens (including phenoxy) is 5. The maximum Gasteiger partial charge on any atom is 0.336 e. The van der Waals surface area contributed by atoms with Crippen molar-refractivity contribution >= 4 is 5.97 Å². The molecule has 3 saturated carbocycles. The summed E-state index contributed by atoms with van der Waals surface area (Å²) in [5.41, 5.74) is 1.98. The van der Waals surface area contributed by atoms with Crippen LogP contribution in [0.1, 0.15) is 79.1 Å². The second-order valence-electron chi connectivity index (χ2n) is 18.0. The van der Waals surface area contributed by atoms with Crippen LogP contribution < -0.4 is 0 Å². The fraction of sp³-hybridized carbons (Fsp3) is 0.875. The first-order chi connectivity index (χ1) is 26.0. The lowest BCUT2D eigenvalue weighted by molar-refractivity contribution is -0.337. The van der Waals surface area contributed by atoms with E-state index in [0.29, 0.717) is 36.2 Å². The van der Waals surface area contributed by atoms with Crippen LogP contribution in [0.3, 0.4) is 0 Å². The molecule has 312 valence electrons. The zero-order valence-corrected chi connectivity index (χ0v) is 32.2. The summed E-state index contributed by atoms with van der Waals surface area (Å²) in [5, 5.41) is 94.0. The zero-order chi connectivity index (χ0) is 39.7. The maximum absolute atomic E-state index is 12.7. The van der Waals surface area contributed by atoms with Crippen LogP contribution in [0.15, 0.2) is 22.8 Å². The van der Waals surface area contributed by atoms with Crippen molar-refractivity contribution in [2.24, 2.45) is 40.4 Å². The largest absolute Gasteiger partial charge is 0.458 e. The first kappa shape index (κ1) is 41.6. The van der Waals surface area contributed by atoms with Gasteiger partial charge in [0, 0.05) is 18.3 Å². The Bertz CT molecular complexity index is 1470. The van der Waals surface area contributed by atoms with E-state index in [1.807, 2.05) is 6.92 Å². The molecule has 4 unspecified atom stereocenters. The van der Waals surface area contributed by atoms with Crippen LogP contribution in [0.5, 0.6) is 0 Å². The molecule has 3 aliphatic heterocycles. The van der Waals surface area contributed by atoms with E-state index >= 15 is 0 Å². The highest BCUT2D eigenvalue weighted by Gasteiger charge is 2.62. The summed E-state index contributed by atoms with van der Waals surface area (Å²) in [7, 11) is 0. The first-order valence-electron chi connectivity index (χ1n) is 20.2. The minimum Gasteiger partial charge on any atom is -0.458 e. The highest BCUT2D eigenvalue weighted by molar-refractivity contribution is 5.90. The normalized spacial score (nSPS) is 50.7. The predicted octanol–water partition coefficient (Wildman–Crippen LogP) is -0.194. The molecule has 0 aromatic rings. The molecule has 0 bridgehead atoms. The van der Waals surface area contributed by atoms with E-state index < -0.39 is 98.2 Å². The van der Waals surface area contributed by atoms with Gasteiger partial charge >= 0.3 is 5.97 Å². The predicted molar refractivity (Wildman–Crippen MR) is 191 cm³/mol. The first-order valence-corrected chi connectivity index (χ1v) is 20.2. The van der Waals surface area contributed by atoms with Crippen molar-refractivity contribution in [3.63, 3.8) is 0 Å². The molecular formula is C40H62O15. The zero-order valence-electron chi connectivity index (χ0n) is 32.2. The average molecular weight is 783 g/mol. The highest BCUT2D eigenvalue weighted by Crippen LogP contribution is 2.67. The lowest BCUT2D eigenvalue weighted by atomic mass is 9.46. The fourth-order valence-corrected chi connectivity index (χ4v) is 12.0. The van der Waals surface area contributed by atoms with E-state index in [-0.39, 0.29) is 36.4 Å². The average Bonchev–Trinajstić information content (AvgIpc) is 3.51. The van der Waals surface area contributed by atoms with E-state index in [2.05, 4.69) is 26.8 Å². The topological polar surface area (TPSA) is 245 Å². The lowest BCUT2D eigenvalue weighted by Crippen LogP contribution is -2.62. The maximum atomic E-state index is 12.7. The van der Waals surface area contributed by atoms with Crippen molar-refractivity contribution in [1.29, 1.82) is 0 Å². The smallest absolute Gasteiger partial charge is 0.336 e. The summed E-state index contributed by atoms with van der Waals surface area (Å²) in [4.78, 5) is 12.7. The quantitative estimate of drug-likeness (QED) is 0.109. The van der Waals surface area contributed by atoms with Crippen molar-refractivity contribution < 1.29 is 74.4 Å². The van der Waals surface area contributed by atoms with Crippen LogP contribution in [0.25, 0.3) is 0 Å². The van der Waals surface area contributed by atoms with Crippen molar-refractivity contribution in [2.75, 3.05) is 19.8 Å². The third-order valence-corrected chi connectivity index (χ3v) is 15.4. The van der Waals surface area contributed by atoms with Gasteiger partial charge in [0.15, 0.2) is 12.6 Å². The van der Waals surface area contributed by atoms with E-state index in [9.17, 15) is 50.8 Å². The van der Waals surface area contributed by atoms with Gasteiger partial charge in [0.2, 0.25) is 0 Å². The molecule has 0 amide bonds. The van der Waals surface area contributed by atoms with Gasteiger partial charge in [-0.15, -0.1) is 0 Å². The van der Waals surface area contributed by atoms with Crippen LogP contribution in [0.2, 0.25) is 0 Å². The number of hydrogen-bond donors (Lipinski definition) is 9. The summed E-state index contributed by atoms with van der Waals surface area (Å²) in [5.74, 6) is 1.26. The summed E-state index contributed by atoms with van der Waals surface area (Å²) >= 11 is 0. The molecule has 20 atom stereocenters. The molecule has 4 aliphatic carbocycles. The van der Waals surface area contributed by atoms with Crippen LogP contribution in [-0.4, -0.2) is 151 Å². The Morgan fingerprint density at radius 3 is 2.20 bits per heavy atom. The van der Waals surface area contributed by atoms with Crippen LogP contribution in [-0.2, 0) is 28.5 Å². The van der Waals surface area contributed by atoms with Gasteiger partial charge in [-0.2, -0.15) is 0 Å². The van der Waals surface area contributed by atoms with Gasteiger partial charge in [-0.25, -0.2) is 4.79 Å². The minimum absolute atomic E-state index is 0.0672. The summed E-state index contributed by atoms with van der Waals surface area (Å²) in [6.07, 6.45) is -8.00. The molecule has 55 heavy (non-hydrogen) atoms. The van der Waals surface area contributed by atoms with Crippen LogP contribution in [0.4, 0.5) is 0 Å². The molecule has 9 N–H and O–H groups in total. The van der Waals surface area contributed by atoms with Crippen molar-refractivity contribution in [3.8, 4) is 0 Å². The number of fused-ring (bicyclic) bond motifs is 5. The molecule has 15 nitrogen and oxygen atoms in total. The molecule has 7 aliphatic rings. The Kier molecular flexibility index (Phi) is 12.0. The van der Waals surface area contributed by atoms with Gasteiger partial charge in [-0.1, -0.05) is 38.0 Å². The molecule has 0 aromatic heterocycles. The number of rotatable bonds is 9. The molecule has 3 heterocycles. The van der Waals surface area contributed by atoms with E-state index in [0.717, 1.165) is 43.3 Å². The second-order valence-corrected chi connectivity index (χ2v) is 18.0. The highest BCUT2D eigenvalue weighted by atomic mass is 16.7. The number of aliphatic hydroxyl groups is 9. The van der Waals surface area contributed by atoms with E-state index in [1.54, 1.807) is 0 Å². The standard InChI is InChI=1S/C40H62O15/c1-17-11-26(53-36(50)22(17)14-41)18(2)23-7-8-24-21-6-5-19-12-20(13-29(43)40(19,4)25(21)9-10-39(23,24)3)52-38-35(49)33(47)31(45)28(55-38)16-51-37-34(48)32(46)30(44)27(15-42)54-37/h5,18,20-21,23-35,37-38,41-49H,6-16H2,1-4H3/t18-,20+,21-,23+,24-,25-,26+,27?,28?,29-,30+,31+,32+,33+,34?,35?,37+,38+,39+,40-/m0/s1. The number of carbonyl (C=O) groups is 1. The number of cyclic esters (lactones) is 1. The van der Waals surface area contributed by atoms with Crippen molar-refractivity contribution in [3.05, 3.63) is 22.8 Å². The number of carbonyl (C=O) groups excluding carboxylic acids is 1. The Balaban J connectivity index is 1.00. The Hall–Kier alpha value is -1.57.